The molecule has 4 nitrogen and oxygen atoms in total. The molecule has 1 amide bonds. The van der Waals surface area contributed by atoms with Crippen LogP contribution < -0.4 is 4.74 Å². The molecule has 0 radical (unpaired) electrons. The maximum Gasteiger partial charge on any atom is 0.222 e. The normalized spacial score (nSPS) is 18.3. The largest absolute Gasteiger partial charge is 0.493 e. The third kappa shape index (κ3) is 5.02. The van der Waals surface area contributed by atoms with Gasteiger partial charge in [-0.2, -0.15) is 0 Å². The molecule has 1 saturated heterocycles. The van der Waals surface area contributed by atoms with Crippen LogP contribution in [0.3, 0.4) is 0 Å². The number of piperidine rings is 1. The first kappa shape index (κ1) is 16.8. The summed E-state index contributed by atoms with van der Waals surface area (Å²) in [7, 11) is 0. The van der Waals surface area contributed by atoms with E-state index in [1.165, 1.54) is 5.56 Å². The van der Waals surface area contributed by atoms with Gasteiger partial charge in [-0.3, -0.25) is 4.79 Å². The van der Waals surface area contributed by atoms with Crippen molar-refractivity contribution in [1.82, 2.24) is 4.90 Å². The van der Waals surface area contributed by atoms with E-state index in [4.69, 9.17) is 4.74 Å². The van der Waals surface area contributed by atoms with E-state index in [2.05, 4.69) is 25.1 Å². The van der Waals surface area contributed by atoms with Crippen LogP contribution in [0.4, 0.5) is 0 Å². The van der Waals surface area contributed by atoms with E-state index >= 15 is 0 Å². The lowest BCUT2D eigenvalue weighted by Gasteiger charge is -2.30. The second-order valence-electron chi connectivity index (χ2n) is 6.21. The second-order valence-corrected chi connectivity index (χ2v) is 6.21. The Labute approximate surface area is 133 Å². The molecular weight excluding hydrogens is 278 g/mol. The highest BCUT2D eigenvalue weighted by molar-refractivity contribution is 5.76. The number of benzene rings is 1. The Morgan fingerprint density at radius 2 is 2.18 bits per heavy atom. The van der Waals surface area contributed by atoms with Crippen molar-refractivity contribution in [2.24, 2.45) is 0 Å². The molecule has 1 N–H and O–H groups in total. The summed E-state index contributed by atoms with van der Waals surface area (Å²) in [5.41, 5.74) is 2.34. The van der Waals surface area contributed by atoms with Gasteiger partial charge >= 0.3 is 0 Å². The Kier molecular flexibility index (Phi) is 6.25. The van der Waals surface area contributed by atoms with Gasteiger partial charge in [0.1, 0.15) is 5.75 Å². The lowest BCUT2D eigenvalue weighted by Crippen LogP contribution is -2.42. The summed E-state index contributed by atoms with van der Waals surface area (Å²) < 4.78 is 5.80. The number of carbonyl (C=O) groups is 1. The number of aryl methyl sites for hydroxylation is 2. The van der Waals surface area contributed by atoms with Crippen LogP contribution in [0.25, 0.3) is 0 Å². The lowest BCUT2D eigenvalue weighted by molar-refractivity contribution is -0.134. The number of hydrogen-bond acceptors (Lipinski definition) is 3. The van der Waals surface area contributed by atoms with Gasteiger partial charge in [0.2, 0.25) is 5.91 Å². The van der Waals surface area contributed by atoms with Crippen LogP contribution in [0.5, 0.6) is 5.75 Å². The van der Waals surface area contributed by atoms with E-state index in [9.17, 15) is 9.90 Å². The minimum absolute atomic E-state index is 0.158. The van der Waals surface area contributed by atoms with Crippen molar-refractivity contribution < 1.29 is 14.6 Å². The minimum Gasteiger partial charge on any atom is -0.493 e. The van der Waals surface area contributed by atoms with Crippen LogP contribution in [-0.4, -0.2) is 41.7 Å². The van der Waals surface area contributed by atoms with Gasteiger partial charge in [-0.25, -0.2) is 0 Å². The molecule has 0 saturated carbocycles. The number of hydrogen-bond donors (Lipinski definition) is 1. The Hall–Kier alpha value is -1.55. The van der Waals surface area contributed by atoms with Crippen LogP contribution in [0.2, 0.25) is 0 Å². The zero-order valence-corrected chi connectivity index (χ0v) is 13.7. The Morgan fingerprint density at radius 3 is 2.95 bits per heavy atom. The zero-order valence-electron chi connectivity index (χ0n) is 13.7. The first-order chi connectivity index (χ1) is 10.6. The van der Waals surface area contributed by atoms with Crippen LogP contribution in [0.1, 0.15) is 43.2 Å². The minimum atomic E-state index is -0.342. The molecule has 1 aliphatic rings. The number of nitrogens with zero attached hydrogens (tertiary/aromatic N) is 1. The second kappa shape index (κ2) is 8.18. The van der Waals surface area contributed by atoms with Gasteiger partial charge in [0.05, 0.1) is 12.7 Å². The van der Waals surface area contributed by atoms with Crippen molar-refractivity contribution in [3.8, 4) is 5.75 Å². The molecular formula is C18H27NO3. The number of aliphatic hydroxyl groups excluding tert-OH is 1. The maximum absolute atomic E-state index is 12.0. The Morgan fingerprint density at radius 1 is 1.36 bits per heavy atom. The molecule has 22 heavy (non-hydrogen) atoms. The quantitative estimate of drug-likeness (QED) is 0.822. The van der Waals surface area contributed by atoms with Crippen LogP contribution in [0, 0.1) is 13.8 Å². The highest BCUT2D eigenvalue weighted by Gasteiger charge is 2.21. The van der Waals surface area contributed by atoms with E-state index in [0.29, 0.717) is 19.6 Å². The number of β-amino-alcohol motifs (C(OH)–C–C–N with tert-alkyl or cyclic N) is 1. The van der Waals surface area contributed by atoms with E-state index in [-0.39, 0.29) is 12.0 Å². The summed E-state index contributed by atoms with van der Waals surface area (Å²) >= 11 is 0. The van der Waals surface area contributed by atoms with E-state index in [0.717, 1.165) is 43.5 Å². The van der Waals surface area contributed by atoms with Crippen LogP contribution in [0.15, 0.2) is 18.2 Å². The van der Waals surface area contributed by atoms with E-state index < -0.39 is 0 Å². The molecule has 1 unspecified atom stereocenters. The van der Waals surface area contributed by atoms with Gasteiger partial charge < -0.3 is 14.7 Å². The fraction of sp³-hybridized carbons (Fsp3) is 0.611. The summed E-state index contributed by atoms with van der Waals surface area (Å²) in [5.74, 6) is 1.09. The summed E-state index contributed by atoms with van der Waals surface area (Å²) in [6.45, 7) is 6.02. The molecule has 0 aromatic heterocycles. The van der Waals surface area contributed by atoms with Gasteiger partial charge in [-0.15, -0.1) is 0 Å². The van der Waals surface area contributed by atoms with Crippen LogP contribution in [-0.2, 0) is 4.79 Å². The predicted molar refractivity (Wildman–Crippen MR) is 87.1 cm³/mol. The number of carbonyl (C=O) groups excluding carboxylic acids is 1. The molecule has 0 aliphatic carbocycles. The summed E-state index contributed by atoms with van der Waals surface area (Å²) in [6.07, 6.45) is 3.62. The Bertz CT molecular complexity index is 501. The van der Waals surface area contributed by atoms with Gasteiger partial charge in [0, 0.05) is 19.5 Å². The van der Waals surface area contributed by atoms with Crippen molar-refractivity contribution in [2.45, 2.75) is 52.1 Å². The SMILES string of the molecule is Cc1ccc(C)c(OCCCCC(=O)N2CCCC(O)C2)c1. The standard InChI is InChI=1S/C18H27NO3/c1-14-8-9-15(2)17(12-14)22-11-4-3-7-18(21)19-10-5-6-16(20)13-19/h8-9,12,16,20H,3-7,10-11,13H2,1-2H3. The summed E-state index contributed by atoms with van der Waals surface area (Å²) in [6, 6.07) is 6.19. The Balaban J connectivity index is 1.64. The maximum atomic E-state index is 12.0. The van der Waals surface area contributed by atoms with Gasteiger partial charge in [0.15, 0.2) is 0 Å². The van der Waals surface area contributed by atoms with Gasteiger partial charge in [-0.1, -0.05) is 12.1 Å². The molecule has 4 heteroatoms. The number of unbranched alkanes of at least 4 members (excludes halogenated alkanes) is 1. The number of amides is 1. The third-order valence-electron chi connectivity index (χ3n) is 4.14. The monoisotopic (exact) mass is 305 g/mol. The molecule has 122 valence electrons. The zero-order chi connectivity index (χ0) is 15.9. The molecule has 0 spiro atoms. The molecule has 0 bridgehead atoms. The number of rotatable bonds is 6. The van der Waals surface area contributed by atoms with Crippen molar-refractivity contribution in [2.75, 3.05) is 19.7 Å². The first-order valence-electron chi connectivity index (χ1n) is 8.22. The van der Waals surface area contributed by atoms with Crippen molar-refractivity contribution in [3.05, 3.63) is 29.3 Å². The highest BCUT2D eigenvalue weighted by atomic mass is 16.5. The molecule has 1 aliphatic heterocycles. The van der Waals surface area contributed by atoms with Gasteiger partial charge in [-0.05, 0) is 56.7 Å². The number of ether oxygens (including phenoxy) is 1. The summed E-state index contributed by atoms with van der Waals surface area (Å²) in [4.78, 5) is 13.8. The van der Waals surface area contributed by atoms with E-state index in [1.54, 1.807) is 4.90 Å². The average molecular weight is 305 g/mol. The van der Waals surface area contributed by atoms with Gasteiger partial charge in [0.25, 0.3) is 0 Å². The fourth-order valence-electron chi connectivity index (χ4n) is 2.76. The number of aliphatic hydroxyl groups is 1. The predicted octanol–water partition coefficient (Wildman–Crippen LogP) is 2.84. The van der Waals surface area contributed by atoms with Crippen molar-refractivity contribution >= 4 is 5.91 Å². The molecule has 1 aromatic carbocycles. The lowest BCUT2D eigenvalue weighted by atomic mass is 10.1. The highest BCUT2D eigenvalue weighted by Crippen LogP contribution is 2.19. The third-order valence-corrected chi connectivity index (χ3v) is 4.14. The molecule has 1 heterocycles. The topological polar surface area (TPSA) is 49.8 Å². The fourth-order valence-corrected chi connectivity index (χ4v) is 2.76. The molecule has 1 atom stereocenters. The van der Waals surface area contributed by atoms with Crippen molar-refractivity contribution in [3.63, 3.8) is 0 Å². The van der Waals surface area contributed by atoms with Crippen molar-refractivity contribution in [1.29, 1.82) is 0 Å². The molecule has 1 aromatic rings. The number of likely N-dealkylation sites (tertiary alicyclic amines) is 1. The molecule has 1 fully saturated rings. The average Bonchev–Trinajstić information content (AvgIpc) is 2.50. The first-order valence-corrected chi connectivity index (χ1v) is 8.22. The molecule has 2 rings (SSSR count). The van der Waals surface area contributed by atoms with E-state index in [1.807, 2.05) is 6.92 Å². The van der Waals surface area contributed by atoms with Crippen LogP contribution >= 0.6 is 0 Å². The summed E-state index contributed by atoms with van der Waals surface area (Å²) in [5, 5.41) is 9.60. The smallest absolute Gasteiger partial charge is 0.222 e.